The molecule has 0 aliphatic carbocycles. The maximum Gasteiger partial charge on any atom is 0.0200 e. The molecule has 0 atom stereocenters. The highest BCUT2D eigenvalue weighted by atomic mass is 15.0. The molecular weight excluding hydrogens is 146 g/mol. The van der Waals surface area contributed by atoms with E-state index < -0.39 is 0 Å². The van der Waals surface area contributed by atoms with Crippen LogP contribution < -0.4 is 5.32 Å². The summed E-state index contributed by atoms with van der Waals surface area (Å²) in [6, 6.07) is 10.8. The molecule has 64 valence electrons. The van der Waals surface area contributed by atoms with E-state index in [9.17, 15) is 0 Å². The predicted octanol–water partition coefficient (Wildman–Crippen LogP) is 1.94. The van der Waals surface area contributed by atoms with Gasteiger partial charge in [0.1, 0.15) is 0 Å². The van der Waals surface area contributed by atoms with E-state index in [2.05, 4.69) is 42.6 Å². The van der Waals surface area contributed by atoms with Crippen LogP contribution in [0.3, 0.4) is 0 Å². The number of hydrogen-bond donors (Lipinski definition) is 1. The van der Waals surface area contributed by atoms with E-state index in [1.54, 1.807) is 0 Å². The molecule has 1 nitrogen and oxygen atoms in total. The van der Waals surface area contributed by atoms with E-state index in [4.69, 9.17) is 0 Å². The van der Waals surface area contributed by atoms with Crippen molar-refractivity contribution >= 4 is 0 Å². The van der Waals surface area contributed by atoms with Crippen LogP contribution in [0, 0.1) is 0 Å². The Bertz CT molecular complexity index is 243. The Kier molecular flexibility index (Phi) is 1.89. The van der Waals surface area contributed by atoms with Crippen molar-refractivity contribution in [1.82, 2.24) is 5.32 Å². The summed E-state index contributed by atoms with van der Waals surface area (Å²) in [6.07, 6.45) is 1.24. The van der Waals surface area contributed by atoms with Crippen LogP contribution >= 0.6 is 0 Å². The lowest BCUT2D eigenvalue weighted by atomic mass is 9.73. The van der Waals surface area contributed by atoms with Gasteiger partial charge in [0.15, 0.2) is 0 Å². The molecule has 12 heavy (non-hydrogen) atoms. The summed E-state index contributed by atoms with van der Waals surface area (Å²) in [5.74, 6) is 0. The molecule has 0 saturated carbocycles. The van der Waals surface area contributed by atoms with Gasteiger partial charge in [-0.25, -0.2) is 0 Å². The molecule has 1 aromatic rings. The van der Waals surface area contributed by atoms with Crippen molar-refractivity contribution in [3.05, 3.63) is 35.9 Å². The van der Waals surface area contributed by atoms with Crippen LogP contribution in [0.2, 0.25) is 0 Å². The van der Waals surface area contributed by atoms with Gasteiger partial charge in [-0.3, -0.25) is 0 Å². The fraction of sp³-hybridized carbons (Fsp3) is 0.455. The fourth-order valence-corrected chi connectivity index (χ4v) is 1.88. The van der Waals surface area contributed by atoms with Crippen LogP contribution in [-0.2, 0) is 5.41 Å². The first-order chi connectivity index (χ1) is 5.87. The van der Waals surface area contributed by atoms with Crippen molar-refractivity contribution in [2.45, 2.75) is 18.8 Å². The van der Waals surface area contributed by atoms with Gasteiger partial charge in [-0.1, -0.05) is 37.3 Å². The first-order valence-corrected chi connectivity index (χ1v) is 4.64. The smallest absolute Gasteiger partial charge is 0.0200 e. The highest BCUT2D eigenvalue weighted by molar-refractivity contribution is 5.29. The molecule has 1 aliphatic heterocycles. The third-order valence-electron chi connectivity index (χ3n) is 2.99. The summed E-state index contributed by atoms with van der Waals surface area (Å²) in [4.78, 5) is 0. The molecule has 0 unspecified atom stereocenters. The molecule has 1 N–H and O–H groups in total. The zero-order chi connectivity index (χ0) is 8.44. The van der Waals surface area contributed by atoms with Crippen molar-refractivity contribution in [3.63, 3.8) is 0 Å². The van der Waals surface area contributed by atoms with Crippen LogP contribution in [0.25, 0.3) is 0 Å². The quantitative estimate of drug-likeness (QED) is 0.699. The van der Waals surface area contributed by atoms with E-state index in [1.165, 1.54) is 12.0 Å². The van der Waals surface area contributed by atoms with Crippen LogP contribution in [-0.4, -0.2) is 13.1 Å². The molecule has 1 heteroatoms. The summed E-state index contributed by atoms with van der Waals surface area (Å²) < 4.78 is 0. The van der Waals surface area contributed by atoms with Crippen LogP contribution in [0.4, 0.5) is 0 Å². The Morgan fingerprint density at radius 3 is 2.33 bits per heavy atom. The van der Waals surface area contributed by atoms with Crippen molar-refractivity contribution in [2.24, 2.45) is 0 Å². The topological polar surface area (TPSA) is 12.0 Å². The third-order valence-corrected chi connectivity index (χ3v) is 2.99. The fourth-order valence-electron chi connectivity index (χ4n) is 1.88. The van der Waals surface area contributed by atoms with Gasteiger partial charge in [-0.2, -0.15) is 0 Å². The van der Waals surface area contributed by atoms with E-state index >= 15 is 0 Å². The average molecular weight is 161 g/mol. The van der Waals surface area contributed by atoms with E-state index in [0.717, 1.165) is 13.1 Å². The van der Waals surface area contributed by atoms with Crippen molar-refractivity contribution in [1.29, 1.82) is 0 Å². The lowest BCUT2D eigenvalue weighted by Gasteiger charge is -2.42. The molecule has 0 aromatic heterocycles. The SMILES string of the molecule is CCC1(c2ccccc2)CNC1. The second-order valence-corrected chi connectivity index (χ2v) is 3.60. The molecule has 1 fully saturated rings. The number of hydrogen-bond acceptors (Lipinski definition) is 1. The Balaban J connectivity index is 2.28. The van der Waals surface area contributed by atoms with Crippen LogP contribution in [0.1, 0.15) is 18.9 Å². The summed E-state index contributed by atoms with van der Waals surface area (Å²) in [7, 11) is 0. The maximum atomic E-state index is 3.35. The van der Waals surface area contributed by atoms with Gasteiger partial charge in [0.05, 0.1) is 0 Å². The lowest BCUT2D eigenvalue weighted by Crippen LogP contribution is -2.56. The highest BCUT2D eigenvalue weighted by Crippen LogP contribution is 2.31. The van der Waals surface area contributed by atoms with Gasteiger partial charge >= 0.3 is 0 Å². The van der Waals surface area contributed by atoms with E-state index in [1.807, 2.05) is 0 Å². The van der Waals surface area contributed by atoms with Gasteiger partial charge in [0.25, 0.3) is 0 Å². The minimum Gasteiger partial charge on any atom is -0.315 e. The first kappa shape index (κ1) is 7.81. The minimum absolute atomic E-state index is 0.446. The molecule has 0 spiro atoms. The zero-order valence-corrected chi connectivity index (χ0v) is 7.51. The Labute approximate surface area is 73.8 Å². The van der Waals surface area contributed by atoms with Gasteiger partial charge in [-0.15, -0.1) is 0 Å². The molecule has 1 aliphatic rings. The van der Waals surface area contributed by atoms with Gasteiger partial charge in [0, 0.05) is 18.5 Å². The molecule has 0 amide bonds. The normalized spacial score (nSPS) is 20.1. The standard InChI is InChI=1S/C11H15N/c1-2-11(8-12-9-11)10-6-4-3-5-7-10/h3-7,12H,2,8-9H2,1H3. The van der Waals surface area contributed by atoms with Gasteiger partial charge < -0.3 is 5.32 Å². The Hall–Kier alpha value is -0.820. The molecule has 1 heterocycles. The second kappa shape index (κ2) is 2.91. The zero-order valence-electron chi connectivity index (χ0n) is 7.51. The second-order valence-electron chi connectivity index (χ2n) is 3.60. The summed E-state index contributed by atoms with van der Waals surface area (Å²) in [5, 5.41) is 3.35. The number of nitrogens with one attached hydrogen (secondary N) is 1. The average Bonchev–Trinajstić information content (AvgIpc) is 2.05. The van der Waals surface area contributed by atoms with Crippen molar-refractivity contribution < 1.29 is 0 Å². The van der Waals surface area contributed by atoms with E-state index in [-0.39, 0.29) is 0 Å². The Morgan fingerprint density at radius 2 is 1.92 bits per heavy atom. The van der Waals surface area contributed by atoms with Crippen LogP contribution in [0.5, 0.6) is 0 Å². The summed E-state index contributed by atoms with van der Waals surface area (Å²) >= 11 is 0. The van der Waals surface area contributed by atoms with Crippen molar-refractivity contribution in [2.75, 3.05) is 13.1 Å². The number of rotatable bonds is 2. The predicted molar refractivity (Wildman–Crippen MR) is 51.3 cm³/mol. The molecular formula is C11H15N. The summed E-state index contributed by atoms with van der Waals surface area (Å²) in [6.45, 7) is 4.56. The monoisotopic (exact) mass is 161 g/mol. The van der Waals surface area contributed by atoms with Gasteiger partial charge in [0.2, 0.25) is 0 Å². The maximum absolute atomic E-state index is 3.35. The Morgan fingerprint density at radius 1 is 1.25 bits per heavy atom. The minimum atomic E-state index is 0.446. The van der Waals surface area contributed by atoms with Gasteiger partial charge in [-0.05, 0) is 12.0 Å². The third kappa shape index (κ3) is 1.05. The van der Waals surface area contributed by atoms with E-state index in [0.29, 0.717) is 5.41 Å². The lowest BCUT2D eigenvalue weighted by molar-refractivity contribution is 0.267. The van der Waals surface area contributed by atoms with Crippen LogP contribution in [0.15, 0.2) is 30.3 Å². The summed E-state index contributed by atoms with van der Waals surface area (Å²) in [5.41, 5.74) is 1.94. The van der Waals surface area contributed by atoms with Crippen molar-refractivity contribution in [3.8, 4) is 0 Å². The molecule has 1 aromatic carbocycles. The molecule has 0 radical (unpaired) electrons. The molecule has 0 bridgehead atoms. The first-order valence-electron chi connectivity index (χ1n) is 4.64. The largest absolute Gasteiger partial charge is 0.315 e. The highest BCUT2D eigenvalue weighted by Gasteiger charge is 2.36. The molecule has 1 saturated heterocycles. The molecule has 2 rings (SSSR count). The number of benzene rings is 1.